The maximum absolute atomic E-state index is 5.96. The molecule has 1 aromatic heterocycles. The summed E-state index contributed by atoms with van der Waals surface area (Å²) in [6.45, 7) is 0. The van der Waals surface area contributed by atoms with Crippen molar-refractivity contribution in [2.75, 3.05) is 20.1 Å². The van der Waals surface area contributed by atoms with Crippen LogP contribution in [0.3, 0.4) is 0 Å². The zero-order valence-corrected chi connectivity index (χ0v) is 13.3. The number of fused-ring (bicyclic) bond motifs is 1. The molecule has 0 saturated heterocycles. The van der Waals surface area contributed by atoms with E-state index >= 15 is 0 Å². The van der Waals surface area contributed by atoms with E-state index in [1.807, 2.05) is 12.1 Å². The second-order valence-electron chi connectivity index (χ2n) is 5.47. The summed E-state index contributed by atoms with van der Waals surface area (Å²) < 4.78 is 13.2. The lowest BCUT2D eigenvalue weighted by Gasteiger charge is -2.16. The molecule has 1 saturated carbocycles. The molecule has 4 nitrogen and oxygen atoms in total. The molecule has 1 aliphatic carbocycles. The minimum absolute atomic E-state index is 0.534. The first-order valence-electron chi connectivity index (χ1n) is 7.47. The molecule has 21 heavy (non-hydrogen) atoms. The Morgan fingerprint density at radius 2 is 1.86 bits per heavy atom. The van der Waals surface area contributed by atoms with E-state index in [-0.39, 0.29) is 0 Å². The average molecular weight is 309 g/mol. The van der Waals surface area contributed by atoms with E-state index in [1.54, 1.807) is 14.2 Å². The highest BCUT2D eigenvalue weighted by atomic mass is 35.5. The van der Waals surface area contributed by atoms with Crippen LogP contribution in [0.4, 0.5) is 0 Å². The molecule has 0 spiro atoms. The van der Waals surface area contributed by atoms with Gasteiger partial charge >= 0.3 is 0 Å². The summed E-state index contributed by atoms with van der Waals surface area (Å²) in [5, 5.41) is 0. The van der Waals surface area contributed by atoms with Gasteiger partial charge in [0.2, 0.25) is 0 Å². The van der Waals surface area contributed by atoms with Crippen molar-refractivity contribution in [2.45, 2.75) is 38.1 Å². The van der Waals surface area contributed by atoms with Gasteiger partial charge in [0.15, 0.2) is 11.5 Å². The van der Waals surface area contributed by atoms with Gasteiger partial charge < -0.3 is 14.0 Å². The van der Waals surface area contributed by atoms with Crippen LogP contribution in [-0.2, 0) is 6.42 Å². The van der Waals surface area contributed by atoms with Crippen LogP contribution >= 0.6 is 11.6 Å². The minimum Gasteiger partial charge on any atom is -0.493 e. The maximum atomic E-state index is 5.96. The Morgan fingerprint density at radius 3 is 2.48 bits per heavy atom. The van der Waals surface area contributed by atoms with Crippen molar-refractivity contribution in [3.05, 3.63) is 18.0 Å². The molecule has 0 unspecified atom stereocenters. The van der Waals surface area contributed by atoms with Gasteiger partial charge in [0, 0.05) is 30.5 Å². The van der Waals surface area contributed by atoms with Crippen LogP contribution in [0, 0.1) is 0 Å². The van der Waals surface area contributed by atoms with Gasteiger partial charge in [-0.3, -0.25) is 0 Å². The fourth-order valence-electron chi connectivity index (χ4n) is 3.30. The van der Waals surface area contributed by atoms with E-state index in [2.05, 4.69) is 4.57 Å². The molecule has 1 heterocycles. The summed E-state index contributed by atoms with van der Waals surface area (Å²) in [6.07, 6.45) is 5.80. The van der Waals surface area contributed by atoms with Crippen LogP contribution in [0.5, 0.6) is 11.5 Å². The number of methoxy groups -OCH3 is 2. The van der Waals surface area contributed by atoms with Crippen LogP contribution in [0.1, 0.15) is 37.5 Å². The van der Waals surface area contributed by atoms with E-state index in [1.165, 1.54) is 25.7 Å². The highest BCUT2D eigenvalue weighted by Crippen LogP contribution is 2.38. The fraction of sp³-hybridized carbons (Fsp3) is 0.562. The average Bonchev–Trinajstić information content (AvgIpc) is 3.12. The lowest BCUT2D eigenvalue weighted by molar-refractivity contribution is 0.355. The number of imidazole rings is 1. The van der Waals surface area contributed by atoms with Gasteiger partial charge in [-0.05, 0) is 12.8 Å². The second-order valence-corrected chi connectivity index (χ2v) is 5.85. The van der Waals surface area contributed by atoms with Gasteiger partial charge in [-0.2, -0.15) is 0 Å². The summed E-state index contributed by atoms with van der Waals surface area (Å²) in [6, 6.07) is 4.53. The van der Waals surface area contributed by atoms with Crippen LogP contribution < -0.4 is 9.47 Å². The molecule has 0 N–H and O–H groups in total. The van der Waals surface area contributed by atoms with Gasteiger partial charge in [-0.15, -0.1) is 11.6 Å². The summed E-state index contributed by atoms with van der Waals surface area (Å²) >= 11 is 5.96. The predicted octanol–water partition coefficient (Wildman–Crippen LogP) is 3.95. The Kier molecular flexibility index (Phi) is 4.24. The summed E-state index contributed by atoms with van der Waals surface area (Å²) in [5.74, 6) is 3.13. The molecule has 0 amide bonds. The number of aromatic nitrogens is 2. The standard InChI is InChI=1S/C16H21ClN2O2/c1-20-14-9-12-13(10-15(14)21-2)19(11-5-3-4-6-11)16(18-12)7-8-17/h9-11H,3-8H2,1-2H3. The number of hydrogen-bond donors (Lipinski definition) is 0. The molecular formula is C16H21ClN2O2. The first-order valence-corrected chi connectivity index (χ1v) is 8.00. The van der Waals surface area contributed by atoms with Gasteiger partial charge in [0.25, 0.3) is 0 Å². The van der Waals surface area contributed by atoms with E-state index in [0.717, 1.165) is 34.8 Å². The van der Waals surface area contributed by atoms with E-state index in [4.69, 9.17) is 26.1 Å². The third-order valence-corrected chi connectivity index (χ3v) is 4.46. The molecule has 5 heteroatoms. The molecule has 1 aromatic carbocycles. The van der Waals surface area contributed by atoms with Gasteiger partial charge in [-0.25, -0.2) is 4.98 Å². The normalized spacial score (nSPS) is 15.8. The molecule has 1 fully saturated rings. The number of halogens is 1. The first kappa shape index (κ1) is 14.5. The number of hydrogen-bond acceptors (Lipinski definition) is 3. The highest BCUT2D eigenvalue weighted by molar-refractivity contribution is 6.17. The lowest BCUT2D eigenvalue weighted by atomic mass is 10.2. The molecule has 1 aliphatic rings. The topological polar surface area (TPSA) is 36.3 Å². The summed E-state index contributed by atoms with van der Waals surface area (Å²) in [4.78, 5) is 4.77. The second kappa shape index (κ2) is 6.14. The summed E-state index contributed by atoms with van der Waals surface area (Å²) in [5.41, 5.74) is 2.08. The lowest BCUT2D eigenvalue weighted by Crippen LogP contribution is -2.09. The predicted molar refractivity (Wildman–Crippen MR) is 84.8 cm³/mol. The van der Waals surface area contributed by atoms with Gasteiger partial charge in [-0.1, -0.05) is 12.8 Å². The Bertz CT molecular complexity index is 633. The molecule has 0 radical (unpaired) electrons. The fourth-order valence-corrected chi connectivity index (χ4v) is 3.47. The Hall–Kier alpha value is -1.42. The molecule has 3 rings (SSSR count). The molecule has 0 bridgehead atoms. The van der Waals surface area contributed by atoms with Crippen LogP contribution in [0.15, 0.2) is 12.1 Å². The monoisotopic (exact) mass is 308 g/mol. The quantitative estimate of drug-likeness (QED) is 0.785. The van der Waals surface area contributed by atoms with Crippen molar-refractivity contribution < 1.29 is 9.47 Å². The largest absolute Gasteiger partial charge is 0.493 e. The maximum Gasteiger partial charge on any atom is 0.163 e. The molecule has 0 aliphatic heterocycles. The van der Waals surface area contributed by atoms with Crippen molar-refractivity contribution in [3.8, 4) is 11.5 Å². The van der Waals surface area contributed by atoms with Crippen LogP contribution in [0.2, 0.25) is 0 Å². The number of ether oxygens (including phenoxy) is 2. The number of benzene rings is 1. The third-order valence-electron chi connectivity index (χ3n) is 4.28. The number of aryl methyl sites for hydroxylation is 1. The smallest absolute Gasteiger partial charge is 0.163 e. The molecule has 2 aromatic rings. The Balaban J connectivity index is 2.18. The molecule has 0 atom stereocenters. The van der Waals surface area contributed by atoms with Crippen LogP contribution in [-0.4, -0.2) is 29.7 Å². The van der Waals surface area contributed by atoms with Gasteiger partial charge in [0.05, 0.1) is 25.3 Å². The molecule has 114 valence electrons. The van der Waals surface area contributed by atoms with Crippen LogP contribution in [0.25, 0.3) is 11.0 Å². The number of alkyl halides is 1. The SMILES string of the molecule is COc1cc2nc(CCCl)n(C3CCCC3)c2cc1OC. The van der Waals surface area contributed by atoms with E-state index < -0.39 is 0 Å². The van der Waals surface area contributed by atoms with Crippen molar-refractivity contribution >= 4 is 22.6 Å². The van der Waals surface area contributed by atoms with E-state index in [9.17, 15) is 0 Å². The van der Waals surface area contributed by atoms with Crippen molar-refractivity contribution in [1.82, 2.24) is 9.55 Å². The third kappa shape index (κ3) is 2.57. The zero-order chi connectivity index (χ0) is 14.8. The van der Waals surface area contributed by atoms with Gasteiger partial charge in [0.1, 0.15) is 5.82 Å². The minimum atomic E-state index is 0.534. The summed E-state index contributed by atoms with van der Waals surface area (Å²) in [7, 11) is 3.32. The highest BCUT2D eigenvalue weighted by Gasteiger charge is 2.23. The Labute approximate surface area is 130 Å². The molecular weight excluding hydrogens is 288 g/mol. The number of nitrogens with zero attached hydrogens (tertiary/aromatic N) is 2. The van der Waals surface area contributed by atoms with Crippen molar-refractivity contribution in [2.24, 2.45) is 0 Å². The number of rotatable bonds is 5. The van der Waals surface area contributed by atoms with Crippen molar-refractivity contribution in [1.29, 1.82) is 0 Å². The van der Waals surface area contributed by atoms with Crippen molar-refractivity contribution in [3.63, 3.8) is 0 Å². The Morgan fingerprint density at radius 1 is 1.19 bits per heavy atom. The van der Waals surface area contributed by atoms with E-state index in [0.29, 0.717) is 11.9 Å². The zero-order valence-electron chi connectivity index (χ0n) is 12.6. The first-order chi connectivity index (χ1) is 10.3.